The molecule has 1 unspecified atom stereocenters. The minimum absolute atomic E-state index is 0.110. The Balaban J connectivity index is 2.22. The summed E-state index contributed by atoms with van der Waals surface area (Å²) in [6.45, 7) is 10.7. The molecular formula is C17H30O5. The quantitative estimate of drug-likeness (QED) is 0.793. The molecule has 1 saturated carbocycles. The zero-order chi connectivity index (χ0) is 16.5. The van der Waals surface area contributed by atoms with E-state index in [0.29, 0.717) is 24.9 Å². The number of rotatable bonds is 4. The molecule has 1 N–H and O–H groups in total. The van der Waals surface area contributed by atoms with Crippen molar-refractivity contribution in [3.63, 3.8) is 0 Å². The third kappa shape index (κ3) is 3.93. The van der Waals surface area contributed by atoms with Gasteiger partial charge in [-0.25, -0.2) is 4.79 Å². The molecule has 2 aliphatic rings. The van der Waals surface area contributed by atoms with Crippen molar-refractivity contribution in [1.82, 2.24) is 0 Å². The van der Waals surface area contributed by atoms with Crippen molar-refractivity contribution in [2.45, 2.75) is 77.8 Å². The highest BCUT2D eigenvalue weighted by molar-refractivity contribution is 5.57. The van der Waals surface area contributed by atoms with Crippen LogP contribution < -0.4 is 0 Å². The largest absolute Gasteiger partial charge is 0.506 e. The Labute approximate surface area is 133 Å². The van der Waals surface area contributed by atoms with Crippen LogP contribution in [0.2, 0.25) is 0 Å². The minimum atomic E-state index is -1.18. The topological polar surface area (TPSA) is 65.0 Å². The van der Waals surface area contributed by atoms with Gasteiger partial charge in [0.25, 0.3) is 0 Å². The summed E-state index contributed by atoms with van der Waals surface area (Å²) in [7, 11) is 0. The van der Waals surface area contributed by atoms with Gasteiger partial charge in [0.05, 0.1) is 12.7 Å². The SMILES string of the molecule is CC(C)[C@@H]1CC[C@@H](C)C[C@]1(CC1COC(C)(C)O1)OC(=O)O. The lowest BCUT2D eigenvalue weighted by Gasteiger charge is -2.47. The molecule has 22 heavy (non-hydrogen) atoms. The lowest BCUT2D eigenvalue weighted by atomic mass is 9.65. The zero-order valence-corrected chi connectivity index (χ0v) is 14.4. The fourth-order valence-corrected chi connectivity index (χ4v) is 4.33. The van der Waals surface area contributed by atoms with Crippen LogP contribution in [0.1, 0.15) is 60.3 Å². The van der Waals surface area contributed by atoms with E-state index in [0.717, 1.165) is 19.3 Å². The monoisotopic (exact) mass is 314 g/mol. The maximum Gasteiger partial charge on any atom is 0.506 e. The van der Waals surface area contributed by atoms with Crippen molar-refractivity contribution >= 4 is 6.16 Å². The molecule has 5 nitrogen and oxygen atoms in total. The van der Waals surface area contributed by atoms with Crippen molar-refractivity contribution in [2.75, 3.05) is 6.61 Å². The molecule has 5 heteroatoms. The third-order valence-electron chi connectivity index (χ3n) is 5.08. The first-order chi connectivity index (χ1) is 10.1. The summed E-state index contributed by atoms with van der Waals surface area (Å²) in [6, 6.07) is 0. The van der Waals surface area contributed by atoms with Crippen LogP contribution in [-0.2, 0) is 14.2 Å². The van der Waals surface area contributed by atoms with E-state index in [1.165, 1.54) is 0 Å². The van der Waals surface area contributed by atoms with Gasteiger partial charge in [-0.05, 0) is 38.5 Å². The average Bonchev–Trinajstić information content (AvgIpc) is 2.66. The van der Waals surface area contributed by atoms with Gasteiger partial charge in [0, 0.05) is 12.3 Å². The third-order valence-corrected chi connectivity index (χ3v) is 5.08. The number of carbonyl (C=O) groups is 1. The highest BCUT2D eigenvalue weighted by Crippen LogP contribution is 2.47. The van der Waals surface area contributed by atoms with Gasteiger partial charge in [0.15, 0.2) is 5.79 Å². The molecule has 1 saturated heterocycles. The predicted octanol–water partition coefficient (Wildman–Crippen LogP) is 4.05. The molecule has 1 aliphatic carbocycles. The maximum atomic E-state index is 11.4. The summed E-state index contributed by atoms with van der Waals surface area (Å²) in [5.74, 6) is 0.474. The standard InChI is InChI=1S/C17H30O5/c1-11(2)14-7-6-12(3)8-17(14,22-15(18)19)9-13-10-20-16(4,5)21-13/h11-14H,6-10H2,1-5H3,(H,18,19)/t12-,13?,14+,17-/m1/s1. The van der Waals surface area contributed by atoms with Gasteiger partial charge < -0.3 is 19.3 Å². The summed E-state index contributed by atoms with van der Waals surface area (Å²) in [6.07, 6.45) is 2.18. The number of hydrogen-bond acceptors (Lipinski definition) is 4. The summed E-state index contributed by atoms with van der Waals surface area (Å²) < 4.78 is 17.1. The molecule has 0 aromatic rings. The van der Waals surface area contributed by atoms with Crippen LogP contribution in [0.15, 0.2) is 0 Å². The molecule has 0 aromatic heterocycles. The molecule has 128 valence electrons. The van der Waals surface area contributed by atoms with E-state index in [1.807, 2.05) is 13.8 Å². The number of carboxylic acid groups (broad SMARTS) is 1. The fourth-order valence-electron chi connectivity index (χ4n) is 4.33. The maximum absolute atomic E-state index is 11.4. The van der Waals surface area contributed by atoms with E-state index in [1.54, 1.807) is 0 Å². The van der Waals surface area contributed by atoms with Crippen LogP contribution in [0.25, 0.3) is 0 Å². The first-order valence-electron chi connectivity index (χ1n) is 8.37. The smallest absolute Gasteiger partial charge is 0.450 e. The van der Waals surface area contributed by atoms with Gasteiger partial charge in [-0.15, -0.1) is 0 Å². The summed E-state index contributed by atoms with van der Waals surface area (Å²) in [5.41, 5.74) is -0.661. The number of ether oxygens (including phenoxy) is 3. The highest BCUT2D eigenvalue weighted by atomic mass is 16.7. The Kier molecular flexibility index (Phi) is 5.07. The van der Waals surface area contributed by atoms with Crippen molar-refractivity contribution in [3.8, 4) is 0 Å². The Morgan fingerprint density at radius 2 is 2.05 bits per heavy atom. The summed E-state index contributed by atoms with van der Waals surface area (Å²) in [4.78, 5) is 11.4. The molecule has 0 spiro atoms. The van der Waals surface area contributed by atoms with Crippen molar-refractivity contribution in [2.24, 2.45) is 17.8 Å². The van der Waals surface area contributed by atoms with E-state index in [9.17, 15) is 9.90 Å². The molecule has 0 amide bonds. The Hall–Kier alpha value is -0.810. The molecular weight excluding hydrogens is 284 g/mol. The van der Waals surface area contributed by atoms with Gasteiger partial charge in [-0.1, -0.05) is 27.2 Å². The second kappa shape index (κ2) is 6.36. The van der Waals surface area contributed by atoms with E-state index in [-0.39, 0.29) is 12.0 Å². The van der Waals surface area contributed by atoms with Gasteiger partial charge in [0.2, 0.25) is 0 Å². The Morgan fingerprint density at radius 3 is 2.55 bits per heavy atom. The Morgan fingerprint density at radius 1 is 1.36 bits per heavy atom. The minimum Gasteiger partial charge on any atom is -0.450 e. The lowest BCUT2D eigenvalue weighted by Crippen LogP contribution is -2.51. The first-order valence-corrected chi connectivity index (χ1v) is 8.37. The molecule has 1 heterocycles. The fraction of sp³-hybridized carbons (Fsp3) is 0.941. The van der Waals surface area contributed by atoms with Crippen molar-refractivity contribution in [1.29, 1.82) is 0 Å². The molecule has 1 aliphatic heterocycles. The second-order valence-electron chi connectivity index (χ2n) is 7.82. The normalized spacial score (nSPS) is 38.2. The van der Waals surface area contributed by atoms with Crippen LogP contribution >= 0.6 is 0 Å². The molecule has 2 rings (SSSR count). The number of hydrogen-bond donors (Lipinski definition) is 1. The van der Waals surface area contributed by atoms with E-state index >= 15 is 0 Å². The van der Waals surface area contributed by atoms with E-state index in [2.05, 4.69) is 20.8 Å². The molecule has 0 aromatic carbocycles. The van der Waals surface area contributed by atoms with Crippen molar-refractivity contribution in [3.05, 3.63) is 0 Å². The lowest BCUT2D eigenvalue weighted by molar-refractivity contribution is -0.160. The van der Waals surface area contributed by atoms with Gasteiger partial charge in [-0.3, -0.25) is 0 Å². The molecule has 2 fully saturated rings. The molecule has 0 radical (unpaired) electrons. The van der Waals surface area contributed by atoms with Crippen LogP contribution in [0.3, 0.4) is 0 Å². The van der Waals surface area contributed by atoms with Crippen molar-refractivity contribution < 1.29 is 24.1 Å². The van der Waals surface area contributed by atoms with E-state index in [4.69, 9.17) is 14.2 Å². The van der Waals surface area contributed by atoms with Crippen LogP contribution in [0.4, 0.5) is 4.79 Å². The molecule has 4 atom stereocenters. The predicted molar refractivity (Wildman–Crippen MR) is 82.7 cm³/mol. The zero-order valence-electron chi connectivity index (χ0n) is 14.4. The van der Waals surface area contributed by atoms with Gasteiger partial charge in [0.1, 0.15) is 5.60 Å². The summed E-state index contributed by atoms with van der Waals surface area (Å²) in [5, 5.41) is 9.30. The second-order valence-corrected chi connectivity index (χ2v) is 7.82. The van der Waals surface area contributed by atoms with Crippen LogP contribution in [-0.4, -0.2) is 35.4 Å². The van der Waals surface area contributed by atoms with Gasteiger partial charge >= 0.3 is 6.16 Å². The van der Waals surface area contributed by atoms with Crippen LogP contribution in [0.5, 0.6) is 0 Å². The van der Waals surface area contributed by atoms with Crippen LogP contribution in [0, 0.1) is 17.8 Å². The van der Waals surface area contributed by atoms with Gasteiger partial charge in [-0.2, -0.15) is 0 Å². The Bertz CT molecular complexity index is 406. The first kappa shape index (κ1) is 17.5. The van der Waals surface area contributed by atoms with E-state index < -0.39 is 17.5 Å². The average molecular weight is 314 g/mol. The summed E-state index contributed by atoms with van der Waals surface area (Å²) >= 11 is 0. The molecule has 0 bridgehead atoms. The highest BCUT2D eigenvalue weighted by Gasteiger charge is 2.50.